The summed E-state index contributed by atoms with van der Waals surface area (Å²) in [5.74, 6) is 1.40. The number of aromatic nitrogens is 4. The van der Waals surface area contributed by atoms with E-state index < -0.39 is 0 Å². The fraction of sp³-hybridized carbons (Fsp3) is 0.227. The zero-order chi connectivity index (χ0) is 19.1. The summed E-state index contributed by atoms with van der Waals surface area (Å²) in [7, 11) is 0. The molecule has 0 spiro atoms. The lowest BCUT2D eigenvalue weighted by molar-refractivity contribution is 0.808. The van der Waals surface area contributed by atoms with Crippen molar-refractivity contribution in [3.8, 4) is 5.82 Å². The zero-order valence-electron chi connectivity index (χ0n) is 16.3. The smallest absolute Gasteiger partial charge is 0.197 e. The van der Waals surface area contributed by atoms with Gasteiger partial charge in [0, 0.05) is 11.4 Å². The first kappa shape index (κ1) is 17.2. The van der Waals surface area contributed by atoms with Crippen LogP contribution in [0.5, 0.6) is 0 Å². The van der Waals surface area contributed by atoms with Crippen LogP contribution in [-0.2, 0) is 0 Å². The number of nitrogens with zero attached hydrogens (tertiary/aromatic N) is 4. The fourth-order valence-corrected chi connectivity index (χ4v) is 3.41. The molecule has 0 saturated carbocycles. The van der Waals surface area contributed by atoms with Gasteiger partial charge in [-0.1, -0.05) is 12.1 Å². The Kier molecular flexibility index (Phi) is 4.15. The van der Waals surface area contributed by atoms with Crippen molar-refractivity contribution in [2.75, 3.05) is 5.32 Å². The molecule has 27 heavy (non-hydrogen) atoms. The van der Waals surface area contributed by atoms with Gasteiger partial charge in [-0.15, -0.1) is 0 Å². The first-order valence-electron chi connectivity index (χ1n) is 9.06. The minimum absolute atomic E-state index is 0.697. The van der Waals surface area contributed by atoms with Crippen molar-refractivity contribution in [3.05, 3.63) is 70.5 Å². The van der Waals surface area contributed by atoms with E-state index in [-0.39, 0.29) is 0 Å². The monoisotopic (exact) mass is 357 g/mol. The van der Waals surface area contributed by atoms with Crippen molar-refractivity contribution in [2.45, 2.75) is 34.6 Å². The molecule has 5 nitrogen and oxygen atoms in total. The van der Waals surface area contributed by atoms with E-state index in [0.29, 0.717) is 11.6 Å². The fourth-order valence-electron chi connectivity index (χ4n) is 3.41. The highest BCUT2D eigenvalue weighted by molar-refractivity contribution is 5.80. The molecule has 136 valence electrons. The average Bonchev–Trinajstić information content (AvgIpc) is 2.92. The predicted molar refractivity (Wildman–Crippen MR) is 110 cm³/mol. The van der Waals surface area contributed by atoms with Crippen LogP contribution in [0.4, 0.5) is 11.5 Å². The highest BCUT2D eigenvalue weighted by Crippen LogP contribution is 2.26. The first-order valence-corrected chi connectivity index (χ1v) is 9.06. The van der Waals surface area contributed by atoms with Crippen LogP contribution in [0.1, 0.15) is 28.1 Å². The van der Waals surface area contributed by atoms with E-state index in [1.54, 1.807) is 0 Å². The van der Waals surface area contributed by atoms with Crippen LogP contribution in [0.2, 0.25) is 0 Å². The van der Waals surface area contributed by atoms with Crippen LogP contribution in [0, 0.1) is 34.6 Å². The average molecular weight is 357 g/mol. The highest BCUT2D eigenvalue weighted by Gasteiger charge is 2.15. The number of benzene rings is 2. The molecule has 5 heteroatoms. The van der Waals surface area contributed by atoms with Crippen LogP contribution < -0.4 is 5.32 Å². The van der Waals surface area contributed by atoms with Crippen molar-refractivity contribution in [1.82, 2.24) is 19.7 Å². The molecule has 4 rings (SSSR count). The maximum Gasteiger partial charge on any atom is 0.197 e. The number of rotatable bonds is 3. The van der Waals surface area contributed by atoms with Crippen LogP contribution in [0.15, 0.2) is 42.5 Å². The zero-order valence-corrected chi connectivity index (χ0v) is 16.3. The number of anilines is 2. The van der Waals surface area contributed by atoms with Crippen LogP contribution in [0.3, 0.4) is 0 Å². The number of fused-ring (bicyclic) bond motifs is 1. The van der Waals surface area contributed by atoms with Gasteiger partial charge in [-0.25, -0.2) is 14.6 Å². The molecular weight excluding hydrogens is 334 g/mol. The molecular formula is C22H23N5. The minimum atomic E-state index is 0.697. The molecule has 0 fully saturated rings. The van der Waals surface area contributed by atoms with Crippen molar-refractivity contribution in [1.29, 1.82) is 0 Å². The molecule has 0 unspecified atom stereocenters. The summed E-state index contributed by atoms with van der Waals surface area (Å²) >= 11 is 0. The molecule has 0 bridgehead atoms. The molecule has 2 aromatic carbocycles. The van der Waals surface area contributed by atoms with E-state index in [9.17, 15) is 0 Å². The lowest BCUT2D eigenvalue weighted by Crippen LogP contribution is -2.09. The molecule has 0 aliphatic carbocycles. The normalized spacial score (nSPS) is 11.1. The standard InChI is InChI=1S/C22H23N5/c1-13-6-7-19-20(11-13)25-22(27-17(5)12-16(4)26-27)21(24-19)23-18-9-14(2)8-15(3)10-18/h6-12H,1-5H3,(H,23,24). The summed E-state index contributed by atoms with van der Waals surface area (Å²) in [6.07, 6.45) is 0. The van der Waals surface area contributed by atoms with Gasteiger partial charge in [-0.3, -0.25) is 0 Å². The molecule has 0 aliphatic heterocycles. The molecule has 0 atom stereocenters. The third-order valence-corrected chi connectivity index (χ3v) is 4.50. The summed E-state index contributed by atoms with van der Waals surface area (Å²) < 4.78 is 1.86. The molecule has 1 N–H and O–H groups in total. The molecule has 2 heterocycles. The van der Waals surface area contributed by atoms with E-state index in [4.69, 9.17) is 9.97 Å². The Morgan fingerprint density at radius 1 is 0.741 bits per heavy atom. The molecule has 0 amide bonds. The second-order valence-corrected chi connectivity index (χ2v) is 7.23. The van der Waals surface area contributed by atoms with Crippen molar-refractivity contribution in [2.24, 2.45) is 0 Å². The number of nitrogens with one attached hydrogen (secondary N) is 1. The van der Waals surface area contributed by atoms with Gasteiger partial charge in [0.1, 0.15) is 0 Å². The molecule has 0 saturated heterocycles. The Hall–Kier alpha value is -3.21. The van der Waals surface area contributed by atoms with Gasteiger partial charge in [0.15, 0.2) is 11.6 Å². The Bertz CT molecular complexity index is 1140. The van der Waals surface area contributed by atoms with Crippen LogP contribution in [-0.4, -0.2) is 19.7 Å². The summed E-state index contributed by atoms with van der Waals surface area (Å²) in [5, 5.41) is 8.08. The molecule has 2 aromatic heterocycles. The van der Waals surface area contributed by atoms with Gasteiger partial charge in [-0.2, -0.15) is 5.10 Å². The van der Waals surface area contributed by atoms with Crippen LogP contribution in [0.25, 0.3) is 16.9 Å². The Balaban J connectivity index is 1.92. The van der Waals surface area contributed by atoms with Gasteiger partial charge in [0.05, 0.1) is 16.7 Å². The Morgan fingerprint density at radius 2 is 1.48 bits per heavy atom. The maximum absolute atomic E-state index is 4.90. The largest absolute Gasteiger partial charge is 0.337 e. The van der Waals surface area contributed by atoms with Crippen molar-refractivity contribution >= 4 is 22.5 Å². The van der Waals surface area contributed by atoms with E-state index in [2.05, 4.69) is 61.5 Å². The predicted octanol–water partition coefficient (Wildman–Crippen LogP) is 5.10. The molecule has 4 aromatic rings. The third kappa shape index (κ3) is 3.40. The van der Waals surface area contributed by atoms with E-state index >= 15 is 0 Å². The van der Waals surface area contributed by atoms with Crippen molar-refractivity contribution in [3.63, 3.8) is 0 Å². The second kappa shape index (κ2) is 6.50. The molecule has 0 radical (unpaired) electrons. The first-order chi connectivity index (χ1) is 12.9. The second-order valence-electron chi connectivity index (χ2n) is 7.23. The number of hydrogen-bond acceptors (Lipinski definition) is 4. The summed E-state index contributed by atoms with van der Waals surface area (Å²) in [4.78, 5) is 9.76. The Labute approximate surface area is 159 Å². The third-order valence-electron chi connectivity index (χ3n) is 4.50. The topological polar surface area (TPSA) is 55.6 Å². The molecule has 0 aliphatic rings. The number of hydrogen-bond donors (Lipinski definition) is 1. The lowest BCUT2D eigenvalue weighted by Gasteiger charge is -2.14. The van der Waals surface area contributed by atoms with Gasteiger partial charge >= 0.3 is 0 Å². The summed E-state index contributed by atoms with van der Waals surface area (Å²) in [6.45, 7) is 10.3. The van der Waals surface area contributed by atoms with Gasteiger partial charge in [0.2, 0.25) is 0 Å². The summed E-state index contributed by atoms with van der Waals surface area (Å²) in [5.41, 5.74) is 8.26. The van der Waals surface area contributed by atoms with E-state index in [1.807, 2.05) is 30.7 Å². The highest BCUT2D eigenvalue weighted by atomic mass is 15.3. The quantitative estimate of drug-likeness (QED) is 0.554. The van der Waals surface area contributed by atoms with Gasteiger partial charge < -0.3 is 5.32 Å². The van der Waals surface area contributed by atoms with E-state index in [1.165, 1.54) is 11.1 Å². The van der Waals surface area contributed by atoms with Gasteiger partial charge in [-0.05, 0) is 81.6 Å². The van der Waals surface area contributed by atoms with Gasteiger partial charge in [0.25, 0.3) is 0 Å². The maximum atomic E-state index is 4.90. The number of aryl methyl sites for hydroxylation is 5. The van der Waals surface area contributed by atoms with Crippen molar-refractivity contribution < 1.29 is 0 Å². The lowest BCUT2D eigenvalue weighted by atomic mass is 10.1. The van der Waals surface area contributed by atoms with E-state index in [0.717, 1.165) is 33.7 Å². The van der Waals surface area contributed by atoms with Crippen LogP contribution >= 0.6 is 0 Å². The summed E-state index contributed by atoms with van der Waals surface area (Å²) in [6, 6.07) is 14.5. The minimum Gasteiger partial charge on any atom is -0.337 e. The SMILES string of the molecule is Cc1cc(C)cc(Nc2nc3ccc(C)cc3nc2-n2nc(C)cc2C)c1. The Morgan fingerprint density at radius 3 is 2.15 bits per heavy atom.